The van der Waals surface area contributed by atoms with Gasteiger partial charge in [0, 0.05) is 17.7 Å². The highest BCUT2D eigenvalue weighted by Crippen LogP contribution is 2.23. The van der Waals surface area contributed by atoms with Gasteiger partial charge in [0.1, 0.15) is 13.0 Å². The molecule has 0 N–H and O–H groups in total. The number of carbonyl (C=O) groups is 2. The second-order valence-corrected chi connectivity index (χ2v) is 3.79. The summed E-state index contributed by atoms with van der Waals surface area (Å²) >= 11 is 0. The molecular weight excluding hydrogens is 288 g/mol. The molecule has 0 atom stereocenters. The van der Waals surface area contributed by atoms with Crippen LogP contribution < -0.4 is 0 Å². The number of rotatable bonds is 6. The lowest BCUT2D eigenvalue weighted by molar-refractivity contribution is -0.394. The molecule has 0 saturated heterocycles. The van der Waals surface area contributed by atoms with E-state index in [-0.39, 0.29) is 5.56 Å². The predicted molar refractivity (Wildman–Crippen MR) is 66.2 cm³/mol. The summed E-state index contributed by atoms with van der Waals surface area (Å²) in [5, 5.41) is 21.3. The molecule has 0 radical (unpaired) electrons. The van der Waals surface area contributed by atoms with Crippen LogP contribution in [0.5, 0.6) is 0 Å². The van der Waals surface area contributed by atoms with Crippen LogP contribution in [0.1, 0.15) is 12.0 Å². The molecule has 0 amide bonds. The van der Waals surface area contributed by atoms with Gasteiger partial charge in [-0.25, -0.2) is 0 Å². The molecule has 0 fully saturated rings. The van der Waals surface area contributed by atoms with E-state index in [1.807, 2.05) is 0 Å². The molecule has 0 saturated carbocycles. The smallest absolute Gasteiger partial charge is 0.317 e. The summed E-state index contributed by atoms with van der Waals surface area (Å²) < 4.78 is 8.94. The highest BCUT2D eigenvalue weighted by molar-refractivity contribution is 5.91. The number of hydrogen-bond donors (Lipinski definition) is 0. The molecule has 0 aliphatic heterocycles. The number of non-ortho nitro benzene ring substituents is 2. The van der Waals surface area contributed by atoms with E-state index in [0.29, 0.717) is 0 Å². The molecule has 0 aliphatic rings. The van der Waals surface area contributed by atoms with Gasteiger partial charge in [-0.1, -0.05) is 0 Å². The second-order valence-electron chi connectivity index (χ2n) is 3.79. The summed E-state index contributed by atoms with van der Waals surface area (Å²) in [6.45, 7) is -0.432. The van der Waals surface area contributed by atoms with Crippen LogP contribution in [0.3, 0.4) is 0 Å². The Labute approximate surface area is 117 Å². The average molecular weight is 298 g/mol. The number of hydrogen-bond acceptors (Lipinski definition) is 8. The number of esters is 2. The molecule has 0 unspecified atom stereocenters. The van der Waals surface area contributed by atoms with Crippen LogP contribution in [0.15, 0.2) is 18.2 Å². The van der Waals surface area contributed by atoms with Crippen molar-refractivity contribution in [3.63, 3.8) is 0 Å². The van der Waals surface area contributed by atoms with Crippen molar-refractivity contribution in [1.29, 1.82) is 0 Å². The predicted octanol–water partition coefficient (Wildman–Crippen LogP) is 1.11. The standard InChI is InChI=1S/C11H10N2O8/c1-20-10(14)5-11(15)21-6-7-2-8(12(16)17)4-9(3-7)13(18)19/h2-4H,5-6H2,1H3. The molecule has 0 bridgehead atoms. The molecule has 0 aliphatic carbocycles. The van der Waals surface area contributed by atoms with Crippen LogP contribution in [0.25, 0.3) is 0 Å². The molecule has 10 heteroatoms. The van der Waals surface area contributed by atoms with E-state index in [4.69, 9.17) is 0 Å². The van der Waals surface area contributed by atoms with E-state index in [9.17, 15) is 29.8 Å². The number of benzene rings is 1. The average Bonchev–Trinajstić information content (AvgIpc) is 2.44. The fraction of sp³-hybridized carbons (Fsp3) is 0.273. The highest BCUT2D eigenvalue weighted by Gasteiger charge is 2.17. The Morgan fingerprint density at radius 2 is 1.57 bits per heavy atom. The van der Waals surface area contributed by atoms with Gasteiger partial charge in [-0.3, -0.25) is 29.8 Å². The van der Waals surface area contributed by atoms with Crippen molar-refractivity contribution in [2.24, 2.45) is 0 Å². The van der Waals surface area contributed by atoms with Crippen LogP contribution in [-0.4, -0.2) is 28.9 Å². The molecule has 112 valence electrons. The lowest BCUT2D eigenvalue weighted by Crippen LogP contribution is -2.12. The van der Waals surface area contributed by atoms with Crippen molar-refractivity contribution >= 4 is 23.3 Å². The van der Waals surface area contributed by atoms with Crippen molar-refractivity contribution in [2.45, 2.75) is 13.0 Å². The third kappa shape index (κ3) is 4.86. The Bertz CT molecular complexity index is 566. The third-order valence-electron chi connectivity index (χ3n) is 2.30. The van der Waals surface area contributed by atoms with E-state index in [2.05, 4.69) is 9.47 Å². The topological polar surface area (TPSA) is 139 Å². The van der Waals surface area contributed by atoms with E-state index in [0.717, 1.165) is 25.3 Å². The zero-order chi connectivity index (χ0) is 16.0. The normalized spacial score (nSPS) is 9.76. The minimum Gasteiger partial charge on any atom is -0.469 e. The van der Waals surface area contributed by atoms with Crippen molar-refractivity contribution in [3.05, 3.63) is 44.0 Å². The fourth-order valence-corrected chi connectivity index (χ4v) is 1.36. The highest BCUT2D eigenvalue weighted by atomic mass is 16.6. The number of nitro benzene ring substituents is 2. The van der Waals surface area contributed by atoms with Crippen molar-refractivity contribution in [1.82, 2.24) is 0 Å². The Kier molecular flexibility index (Phi) is 5.29. The summed E-state index contributed by atoms with van der Waals surface area (Å²) in [4.78, 5) is 41.8. The molecule has 0 heterocycles. The quantitative estimate of drug-likeness (QED) is 0.329. The van der Waals surface area contributed by atoms with Crippen LogP contribution >= 0.6 is 0 Å². The van der Waals surface area contributed by atoms with Gasteiger partial charge in [-0.2, -0.15) is 0 Å². The maximum atomic E-state index is 11.2. The van der Waals surface area contributed by atoms with Crippen molar-refractivity contribution < 1.29 is 28.9 Å². The minimum atomic E-state index is -0.906. The van der Waals surface area contributed by atoms with E-state index in [1.165, 1.54) is 0 Å². The van der Waals surface area contributed by atoms with Gasteiger partial charge in [0.2, 0.25) is 0 Å². The maximum Gasteiger partial charge on any atom is 0.317 e. The SMILES string of the molecule is COC(=O)CC(=O)OCc1cc([N+](=O)[O-])cc([N+](=O)[O-])c1. The van der Waals surface area contributed by atoms with Crippen molar-refractivity contribution in [2.75, 3.05) is 7.11 Å². The maximum absolute atomic E-state index is 11.2. The molecule has 21 heavy (non-hydrogen) atoms. The van der Waals surface area contributed by atoms with Gasteiger partial charge in [0.25, 0.3) is 11.4 Å². The van der Waals surface area contributed by atoms with Gasteiger partial charge < -0.3 is 9.47 Å². The monoisotopic (exact) mass is 298 g/mol. The molecule has 1 rings (SSSR count). The Hall–Kier alpha value is -3.04. The largest absolute Gasteiger partial charge is 0.469 e. The van der Waals surface area contributed by atoms with Gasteiger partial charge in [-0.05, 0) is 0 Å². The summed E-state index contributed by atoms with van der Waals surface area (Å²) in [7, 11) is 1.10. The van der Waals surface area contributed by atoms with Gasteiger partial charge in [0.05, 0.1) is 23.0 Å². The first-order valence-corrected chi connectivity index (χ1v) is 5.48. The summed E-state index contributed by atoms with van der Waals surface area (Å²) in [6.07, 6.45) is -0.618. The first-order valence-electron chi connectivity index (χ1n) is 5.48. The summed E-state index contributed by atoms with van der Waals surface area (Å²) in [5.41, 5.74) is -0.930. The van der Waals surface area contributed by atoms with Gasteiger partial charge in [-0.15, -0.1) is 0 Å². The number of nitro groups is 2. The lowest BCUT2D eigenvalue weighted by atomic mass is 10.2. The number of ether oxygens (including phenoxy) is 2. The molecule has 10 nitrogen and oxygen atoms in total. The summed E-state index contributed by atoms with van der Waals surface area (Å²) in [6, 6.07) is 2.87. The minimum absolute atomic E-state index is 0.0640. The fourth-order valence-electron chi connectivity index (χ4n) is 1.36. The molecule has 0 spiro atoms. The van der Waals surface area contributed by atoms with Crippen LogP contribution in [0.2, 0.25) is 0 Å². The van der Waals surface area contributed by atoms with Crippen LogP contribution in [-0.2, 0) is 25.7 Å². The van der Waals surface area contributed by atoms with Crippen LogP contribution in [0, 0.1) is 20.2 Å². The van der Waals surface area contributed by atoms with E-state index < -0.39 is 46.2 Å². The Balaban J connectivity index is 2.83. The third-order valence-corrected chi connectivity index (χ3v) is 2.30. The van der Waals surface area contributed by atoms with E-state index >= 15 is 0 Å². The molecule has 1 aromatic rings. The first-order chi connectivity index (χ1) is 9.83. The summed E-state index contributed by atoms with van der Waals surface area (Å²) in [5.74, 6) is -1.71. The lowest BCUT2D eigenvalue weighted by Gasteiger charge is -2.04. The van der Waals surface area contributed by atoms with Gasteiger partial charge in [0.15, 0.2) is 0 Å². The molecular formula is C11H10N2O8. The van der Waals surface area contributed by atoms with Crippen LogP contribution in [0.4, 0.5) is 11.4 Å². The van der Waals surface area contributed by atoms with E-state index in [1.54, 1.807) is 0 Å². The molecule has 0 aromatic heterocycles. The Morgan fingerprint density at radius 3 is 2.00 bits per heavy atom. The Morgan fingerprint density at radius 1 is 1.05 bits per heavy atom. The van der Waals surface area contributed by atoms with Crippen molar-refractivity contribution in [3.8, 4) is 0 Å². The van der Waals surface area contributed by atoms with Gasteiger partial charge >= 0.3 is 11.9 Å². The first kappa shape index (κ1) is 16.0. The zero-order valence-electron chi connectivity index (χ0n) is 10.8. The molecule has 1 aromatic carbocycles. The number of nitrogens with zero attached hydrogens (tertiary/aromatic N) is 2. The number of carbonyl (C=O) groups excluding carboxylic acids is 2. The zero-order valence-corrected chi connectivity index (χ0v) is 10.8. The number of methoxy groups -OCH3 is 1. The second kappa shape index (κ2) is 6.93.